The number of hydrogen-bond acceptors (Lipinski definition) is 5. The molecule has 0 unspecified atom stereocenters. The fraction of sp³-hybridized carbons (Fsp3) is 0.308. The molecule has 2 rings (SSSR count). The Balaban J connectivity index is 2.15. The van der Waals surface area contributed by atoms with Crippen LogP contribution in [0.1, 0.15) is 23.2 Å². The molecule has 0 spiro atoms. The standard InChI is InChI=1S/C13H17N3O2S2/c1-3-10-4-5-11(6-12(10)14)20(17,18)15-7-13-16-9(2)8-19-13/h4-6,8,15H,3,7,14H2,1-2H3. The van der Waals surface area contributed by atoms with E-state index in [9.17, 15) is 8.42 Å². The van der Waals surface area contributed by atoms with E-state index >= 15 is 0 Å². The number of aromatic nitrogens is 1. The van der Waals surface area contributed by atoms with Gasteiger partial charge in [0, 0.05) is 16.8 Å². The Kier molecular flexibility index (Phi) is 4.42. The zero-order chi connectivity index (χ0) is 14.8. The second-order valence-corrected chi connectivity index (χ2v) is 7.13. The number of nitrogens with one attached hydrogen (secondary N) is 1. The van der Waals surface area contributed by atoms with E-state index < -0.39 is 10.0 Å². The normalized spacial score (nSPS) is 11.7. The predicted molar refractivity (Wildman–Crippen MR) is 81.1 cm³/mol. The summed E-state index contributed by atoms with van der Waals surface area (Å²) in [7, 11) is -3.56. The van der Waals surface area contributed by atoms with E-state index in [1.165, 1.54) is 17.4 Å². The number of nitrogens with two attached hydrogens (primary N) is 1. The number of aryl methyl sites for hydroxylation is 2. The van der Waals surface area contributed by atoms with Gasteiger partial charge >= 0.3 is 0 Å². The average molecular weight is 311 g/mol. The van der Waals surface area contributed by atoms with Crippen LogP contribution in [0.25, 0.3) is 0 Å². The van der Waals surface area contributed by atoms with Crippen molar-refractivity contribution < 1.29 is 8.42 Å². The highest BCUT2D eigenvalue weighted by molar-refractivity contribution is 7.89. The van der Waals surface area contributed by atoms with E-state index in [-0.39, 0.29) is 11.4 Å². The van der Waals surface area contributed by atoms with Crippen molar-refractivity contribution in [2.24, 2.45) is 0 Å². The molecule has 0 amide bonds. The van der Waals surface area contributed by atoms with Crippen LogP contribution in [0.5, 0.6) is 0 Å². The lowest BCUT2D eigenvalue weighted by Gasteiger charge is -2.08. The first-order valence-electron chi connectivity index (χ1n) is 6.21. The van der Waals surface area contributed by atoms with Gasteiger partial charge in [-0.15, -0.1) is 11.3 Å². The van der Waals surface area contributed by atoms with Crippen LogP contribution in [0.15, 0.2) is 28.5 Å². The van der Waals surface area contributed by atoms with E-state index in [0.29, 0.717) is 5.69 Å². The zero-order valence-corrected chi connectivity index (χ0v) is 13.0. The molecule has 0 bridgehead atoms. The van der Waals surface area contributed by atoms with Crippen LogP contribution in [0.4, 0.5) is 5.69 Å². The third kappa shape index (κ3) is 3.36. The second kappa shape index (κ2) is 5.90. The molecule has 1 heterocycles. The molecule has 1 aromatic carbocycles. The van der Waals surface area contributed by atoms with Crippen LogP contribution in [0, 0.1) is 6.92 Å². The first-order chi connectivity index (χ1) is 9.42. The minimum atomic E-state index is -3.56. The molecule has 3 N–H and O–H groups in total. The maximum Gasteiger partial charge on any atom is 0.241 e. The number of anilines is 1. The quantitative estimate of drug-likeness (QED) is 0.828. The van der Waals surface area contributed by atoms with E-state index in [2.05, 4.69) is 9.71 Å². The highest BCUT2D eigenvalue weighted by atomic mass is 32.2. The molecule has 7 heteroatoms. The van der Waals surface area contributed by atoms with Crippen LogP contribution >= 0.6 is 11.3 Å². The van der Waals surface area contributed by atoms with Gasteiger partial charge in [-0.05, 0) is 31.0 Å². The molecule has 0 fully saturated rings. The molecule has 0 saturated carbocycles. The molecule has 0 radical (unpaired) electrons. The van der Waals surface area contributed by atoms with Crippen LogP contribution in [-0.2, 0) is 23.0 Å². The van der Waals surface area contributed by atoms with Gasteiger partial charge in [-0.1, -0.05) is 13.0 Å². The molecule has 20 heavy (non-hydrogen) atoms. The summed E-state index contributed by atoms with van der Waals surface area (Å²) in [4.78, 5) is 4.40. The predicted octanol–water partition coefficient (Wildman–Crippen LogP) is 2.07. The van der Waals surface area contributed by atoms with Gasteiger partial charge in [0.05, 0.1) is 11.4 Å². The SMILES string of the molecule is CCc1ccc(S(=O)(=O)NCc2nc(C)cs2)cc1N. The van der Waals surface area contributed by atoms with Gasteiger partial charge in [-0.3, -0.25) is 0 Å². The largest absolute Gasteiger partial charge is 0.398 e. The highest BCUT2D eigenvalue weighted by Gasteiger charge is 2.15. The van der Waals surface area contributed by atoms with Crippen molar-refractivity contribution >= 4 is 27.0 Å². The Morgan fingerprint density at radius 2 is 2.15 bits per heavy atom. The summed E-state index contributed by atoms with van der Waals surface area (Å²) in [6.07, 6.45) is 0.776. The summed E-state index contributed by atoms with van der Waals surface area (Å²) < 4.78 is 26.9. The van der Waals surface area contributed by atoms with Gasteiger partial charge in [0.2, 0.25) is 10.0 Å². The molecule has 0 saturated heterocycles. The number of benzene rings is 1. The third-order valence-corrected chi connectivity index (χ3v) is 5.25. The molecular weight excluding hydrogens is 294 g/mol. The summed E-state index contributed by atoms with van der Waals surface area (Å²) in [5, 5.41) is 2.63. The minimum absolute atomic E-state index is 0.181. The van der Waals surface area contributed by atoms with Crippen LogP contribution < -0.4 is 10.5 Å². The maximum absolute atomic E-state index is 12.2. The lowest BCUT2D eigenvalue weighted by Crippen LogP contribution is -2.23. The average Bonchev–Trinajstić information content (AvgIpc) is 2.82. The van der Waals surface area contributed by atoms with Crippen molar-refractivity contribution in [3.8, 4) is 0 Å². The lowest BCUT2D eigenvalue weighted by atomic mass is 10.1. The van der Waals surface area contributed by atoms with Gasteiger partial charge < -0.3 is 5.73 Å². The molecule has 5 nitrogen and oxygen atoms in total. The van der Waals surface area contributed by atoms with E-state index in [1.807, 2.05) is 19.2 Å². The Bertz CT molecular complexity index is 708. The Morgan fingerprint density at radius 3 is 2.70 bits per heavy atom. The molecule has 0 aliphatic heterocycles. The van der Waals surface area contributed by atoms with Crippen molar-refractivity contribution in [2.45, 2.75) is 31.7 Å². The van der Waals surface area contributed by atoms with E-state index in [4.69, 9.17) is 5.73 Å². The van der Waals surface area contributed by atoms with Gasteiger partial charge in [0.1, 0.15) is 5.01 Å². The molecule has 1 aromatic heterocycles. The Labute approximate surface area is 122 Å². The number of nitrogens with zero attached hydrogens (tertiary/aromatic N) is 1. The molecule has 0 atom stereocenters. The van der Waals surface area contributed by atoms with Crippen LogP contribution in [0.2, 0.25) is 0 Å². The van der Waals surface area contributed by atoms with E-state index in [0.717, 1.165) is 22.7 Å². The topological polar surface area (TPSA) is 85.1 Å². The molecule has 0 aliphatic carbocycles. The molecule has 108 valence electrons. The third-order valence-electron chi connectivity index (χ3n) is 2.89. The number of thiazole rings is 1. The number of nitrogen functional groups attached to an aromatic ring is 1. The van der Waals surface area contributed by atoms with Crippen molar-refractivity contribution in [3.63, 3.8) is 0 Å². The second-order valence-electron chi connectivity index (χ2n) is 4.42. The van der Waals surface area contributed by atoms with Crippen molar-refractivity contribution in [1.29, 1.82) is 0 Å². The number of sulfonamides is 1. The fourth-order valence-electron chi connectivity index (χ4n) is 1.79. The van der Waals surface area contributed by atoms with Crippen molar-refractivity contribution in [3.05, 3.63) is 39.8 Å². The number of rotatable bonds is 5. The van der Waals surface area contributed by atoms with Gasteiger partial charge in [-0.25, -0.2) is 18.1 Å². The molecule has 0 aliphatic rings. The van der Waals surface area contributed by atoms with Crippen LogP contribution in [0.3, 0.4) is 0 Å². The summed E-state index contributed by atoms with van der Waals surface area (Å²) in [5.74, 6) is 0. The summed E-state index contributed by atoms with van der Waals surface area (Å²) in [6, 6.07) is 4.82. The van der Waals surface area contributed by atoms with Gasteiger partial charge in [-0.2, -0.15) is 0 Å². The highest BCUT2D eigenvalue weighted by Crippen LogP contribution is 2.19. The summed E-state index contributed by atoms with van der Waals surface area (Å²) in [5.41, 5.74) is 8.17. The lowest BCUT2D eigenvalue weighted by molar-refractivity contribution is 0.581. The smallest absolute Gasteiger partial charge is 0.241 e. The molecular formula is C13H17N3O2S2. The summed E-state index contributed by atoms with van der Waals surface area (Å²) in [6.45, 7) is 4.04. The summed E-state index contributed by atoms with van der Waals surface area (Å²) >= 11 is 1.43. The fourth-order valence-corrected chi connectivity index (χ4v) is 3.61. The Hall–Kier alpha value is -1.44. The Morgan fingerprint density at radius 1 is 1.40 bits per heavy atom. The number of hydrogen-bond donors (Lipinski definition) is 2. The first kappa shape index (κ1) is 15.0. The minimum Gasteiger partial charge on any atom is -0.398 e. The zero-order valence-electron chi connectivity index (χ0n) is 11.4. The van der Waals surface area contributed by atoms with Crippen LogP contribution in [-0.4, -0.2) is 13.4 Å². The van der Waals surface area contributed by atoms with Crippen molar-refractivity contribution in [2.75, 3.05) is 5.73 Å². The van der Waals surface area contributed by atoms with Crippen molar-refractivity contribution in [1.82, 2.24) is 9.71 Å². The molecule has 2 aromatic rings. The maximum atomic E-state index is 12.2. The van der Waals surface area contributed by atoms with Gasteiger partial charge in [0.15, 0.2) is 0 Å². The monoisotopic (exact) mass is 311 g/mol. The first-order valence-corrected chi connectivity index (χ1v) is 8.57. The van der Waals surface area contributed by atoms with Gasteiger partial charge in [0.25, 0.3) is 0 Å². The van der Waals surface area contributed by atoms with E-state index in [1.54, 1.807) is 12.1 Å².